The largest absolute Gasteiger partial charge is 0.493 e. The van der Waals surface area contributed by atoms with E-state index in [1.165, 1.54) is 5.56 Å². The molecule has 5 aromatic rings. The summed E-state index contributed by atoms with van der Waals surface area (Å²) in [4.78, 5) is 12.9. The van der Waals surface area contributed by atoms with Crippen LogP contribution < -0.4 is 9.47 Å². The molecule has 0 radical (unpaired) electrons. The molecule has 3 fully saturated rings. The molecule has 111 heavy (non-hydrogen) atoms. The van der Waals surface area contributed by atoms with Crippen LogP contribution in [0.15, 0.2) is 91.0 Å². The van der Waals surface area contributed by atoms with Crippen LogP contribution in [0.5, 0.6) is 11.5 Å². The van der Waals surface area contributed by atoms with Gasteiger partial charge in [-0.1, -0.05) is 173 Å². The van der Waals surface area contributed by atoms with Crippen molar-refractivity contribution in [1.82, 2.24) is 4.90 Å². The maximum atomic E-state index is 10.7. The van der Waals surface area contributed by atoms with Gasteiger partial charge in [0.25, 0.3) is 0 Å². The molecule has 0 spiro atoms. The first-order valence-corrected chi connectivity index (χ1v) is 40.6. The number of benzene rings is 5. The second kappa shape index (κ2) is 54.6. The predicted octanol–water partition coefficient (Wildman–Crippen LogP) is 12.8. The monoisotopic (exact) mass is 1720 g/mol. The zero-order chi connectivity index (χ0) is 82.4. The van der Waals surface area contributed by atoms with E-state index in [1.54, 1.807) is 50.6 Å². The first-order chi connectivity index (χ1) is 53.4. The van der Waals surface area contributed by atoms with Crippen molar-refractivity contribution in [3.63, 3.8) is 0 Å². The lowest BCUT2D eigenvalue weighted by molar-refractivity contribution is -0.108. The van der Waals surface area contributed by atoms with Gasteiger partial charge in [-0.15, -0.1) is 0 Å². The van der Waals surface area contributed by atoms with Crippen molar-refractivity contribution in [2.24, 2.45) is 17.8 Å². The van der Waals surface area contributed by atoms with E-state index in [0.29, 0.717) is 128 Å². The molecule has 3 heterocycles. The lowest BCUT2D eigenvalue weighted by Gasteiger charge is -2.32. The summed E-state index contributed by atoms with van der Waals surface area (Å²) in [5.41, 5.74) is 7.88. The minimum Gasteiger partial charge on any atom is -0.493 e. The van der Waals surface area contributed by atoms with Gasteiger partial charge in [0.2, 0.25) is 0 Å². The first-order valence-electron chi connectivity index (χ1n) is 38.2. The average Bonchev–Trinajstić information content (AvgIpc) is 1.35. The number of nitrogens with zero attached hydrogens (tertiary/aromatic N) is 5. The number of ether oxygens (including phenoxy) is 9. The van der Waals surface area contributed by atoms with Crippen molar-refractivity contribution in [3.8, 4) is 35.8 Å². The quantitative estimate of drug-likeness (QED) is 0.00787. The highest BCUT2D eigenvalue weighted by atomic mass is 127. The second-order valence-corrected chi connectivity index (χ2v) is 31.7. The number of rotatable bonds is 38. The molecule has 0 aliphatic carbocycles. The summed E-state index contributed by atoms with van der Waals surface area (Å²) in [6.07, 6.45) is 7.23. The van der Waals surface area contributed by atoms with E-state index in [0.717, 1.165) is 95.5 Å². The summed E-state index contributed by atoms with van der Waals surface area (Å²) >= 11 is 5.64. The summed E-state index contributed by atoms with van der Waals surface area (Å²) < 4.78 is 49.0. The molecule has 614 valence electrons. The predicted molar refractivity (Wildman–Crippen MR) is 437 cm³/mol. The summed E-state index contributed by atoms with van der Waals surface area (Å²) in [5, 5.41) is 115. The number of alkyl halides is 2. The lowest BCUT2D eigenvalue weighted by atomic mass is 9.69. The van der Waals surface area contributed by atoms with Gasteiger partial charge in [-0.2, -0.15) is 21.0 Å². The topological polar surface area (TPSA) is 360 Å². The van der Waals surface area contributed by atoms with Crippen LogP contribution in [-0.4, -0.2) is 167 Å². The summed E-state index contributed by atoms with van der Waals surface area (Å²) in [6.45, 7) is 22.0. The van der Waals surface area contributed by atoms with Crippen LogP contribution >= 0.6 is 38.5 Å². The third-order valence-corrected chi connectivity index (χ3v) is 20.5. The number of aldehydes is 1. The number of methoxy groups -OCH3 is 2. The molecule has 4 atom stereocenters. The van der Waals surface area contributed by atoms with Crippen molar-refractivity contribution < 1.29 is 88.3 Å². The van der Waals surface area contributed by atoms with Crippen LogP contribution in [0.1, 0.15) is 191 Å². The fourth-order valence-electron chi connectivity index (χ4n) is 13.2. The molecule has 23 nitrogen and oxygen atoms in total. The Hall–Kier alpha value is -6.10. The number of hydrogen-bond donors (Lipinski definition) is 8. The van der Waals surface area contributed by atoms with Gasteiger partial charge < -0.3 is 93.2 Å². The van der Waals surface area contributed by atoms with E-state index in [9.17, 15) is 66.7 Å². The van der Waals surface area contributed by atoms with E-state index in [-0.39, 0.29) is 95.4 Å². The van der Waals surface area contributed by atoms with Crippen LogP contribution in [0, 0.1) is 63.1 Å². The van der Waals surface area contributed by atoms with Crippen LogP contribution in [0.2, 0.25) is 0 Å². The van der Waals surface area contributed by atoms with Crippen LogP contribution in [-0.2, 0) is 113 Å². The van der Waals surface area contributed by atoms with Crippen molar-refractivity contribution in [2.75, 3.05) is 92.5 Å². The first kappa shape index (κ1) is 99.1. The second-order valence-electron chi connectivity index (χ2n) is 28.4. The highest BCUT2D eigenvalue weighted by Gasteiger charge is 2.39. The Bertz CT molecular complexity index is 3640. The minimum atomic E-state index is -0.751. The molecule has 0 amide bonds. The van der Waals surface area contributed by atoms with Crippen molar-refractivity contribution in [1.29, 1.82) is 21.0 Å². The van der Waals surface area contributed by atoms with E-state index in [1.807, 2.05) is 76.2 Å². The van der Waals surface area contributed by atoms with Crippen LogP contribution in [0.4, 0.5) is 0 Å². The van der Waals surface area contributed by atoms with E-state index in [2.05, 4.69) is 109 Å². The molecule has 3 saturated heterocycles. The van der Waals surface area contributed by atoms with Crippen LogP contribution in [0.3, 0.4) is 0 Å². The Morgan fingerprint density at radius 2 is 0.910 bits per heavy atom. The van der Waals surface area contributed by atoms with Crippen molar-refractivity contribution in [2.45, 2.75) is 217 Å². The third kappa shape index (κ3) is 31.6. The Balaban J connectivity index is 0.000000374. The van der Waals surface area contributed by atoms with Gasteiger partial charge in [0.15, 0.2) is 30.4 Å². The summed E-state index contributed by atoms with van der Waals surface area (Å²) in [6, 6.07) is 37.5. The normalized spacial score (nSPS) is 15.4. The molecule has 8 rings (SSSR count). The average molecular weight is 1720 g/mol. The molecular weight excluding hydrogens is 1600 g/mol. The van der Waals surface area contributed by atoms with E-state index >= 15 is 0 Å². The molecule has 0 bridgehead atoms. The fourth-order valence-corrected chi connectivity index (χ4v) is 13.5. The van der Waals surface area contributed by atoms with Gasteiger partial charge in [0.05, 0.1) is 153 Å². The summed E-state index contributed by atoms with van der Waals surface area (Å²) in [7, 11) is 5.39. The van der Waals surface area contributed by atoms with Gasteiger partial charge in [0, 0.05) is 42.2 Å². The Labute approximate surface area is 681 Å². The number of carbonyl (C=O) groups excluding carboxylic acids is 1. The van der Waals surface area contributed by atoms with Crippen molar-refractivity contribution in [3.05, 3.63) is 163 Å². The van der Waals surface area contributed by atoms with Crippen LogP contribution in [0.25, 0.3) is 0 Å². The molecule has 5 aromatic carbocycles. The fraction of sp³-hybridized carbons (Fsp3) is 0.593. The lowest BCUT2D eigenvalue weighted by Crippen LogP contribution is -2.33. The maximum Gasteiger partial charge on any atom is 0.161 e. The Kier molecular flexibility index (Phi) is 48.8. The zero-order valence-corrected chi connectivity index (χ0v) is 70.8. The third-order valence-electron chi connectivity index (χ3n) is 20.1. The van der Waals surface area contributed by atoms with E-state index < -0.39 is 16.2 Å². The van der Waals surface area contributed by atoms with Gasteiger partial charge in [-0.05, 0) is 161 Å². The number of aliphatic hydroxyl groups excluding tert-OH is 8. The Morgan fingerprint density at radius 1 is 0.514 bits per heavy atom. The minimum absolute atomic E-state index is 0.0407. The number of aliphatic hydroxyl groups is 8. The maximum absolute atomic E-state index is 10.7. The van der Waals surface area contributed by atoms with Gasteiger partial charge in [-0.3, -0.25) is 0 Å². The highest BCUT2D eigenvalue weighted by molar-refractivity contribution is 14.1. The van der Waals surface area contributed by atoms with Crippen molar-refractivity contribution >= 4 is 44.8 Å². The SMILES string of the molecule is BrCCC1OCCO1.CC(C)C(C#N)(CCC1OCCO1)c1ccc(CO)c(CO)c1.CC(C)C(C#N)(CCC=O)c1ccc(CO)c(CO)c1.CC(C)I.COCCOc1ccc(CCN(C)CCCC(C#N)(c2ccc(CO)c(CO)c2)C(C)C)cc1OC.N#CC(CCC1OCCO1)c1ccc(CO)c(CO)c1. The number of likely N-dealkylation sites (N-methyl/N-ethyl adjacent to an activating group) is 1. The number of hydrogen-bond acceptors (Lipinski definition) is 23. The van der Waals surface area contributed by atoms with Gasteiger partial charge in [0.1, 0.15) is 12.9 Å². The molecule has 3 aliphatic rings. The number of nitriles is 4. The molecular formula is C86H123BrIN5O18. The summed E-state index contributed by atoms with van der Waals surface area (Å²) in [5.74, 6) is 1.41. The molecule has 25 heteroatoms. The smallest absolute Gasteiger partial charge is 0.161 e. The molecule has 4 unspecified atom stereocenters. The molecule has 8 N–H and O–H groups in total. The van der Waals surface area contributed by atoms with Gasteiger partial charge >= 0.3 is 0 Å². The van der Waals surface area contributed by atoms with Gasteiger partial charge in [-0.25, -0.2) is 0 Å². The highest BCUT2D eigenvalue weighted by Crippen LogP contribution is 2.41. The van der Waals surface area contributed by atoms with E-state index in [4.69, 9.17) is 42.6 Å². The number of halogens is 2. The number of carbonyl (C=O) groups is 1. The Morgan fingerprint density at radius 3 is 1.29 bits per heavy atom. The molecule has 0 saturated carbocycles. The molecule has 0 aromatic heterocycles. The molecule has 3 aliphatic heterocycles. The zero-order valence-electron chi connectivity index (χ0n) is 67.0. The standard InChI is InChI=1S/C29H42N2O5.C18H25NO4.C16H21NO3.C15H19NO4.C5H9BrO2.C3H7I/c1-22(2)29(21-30,26-9-8-24(19-32)25(18-26)20-33)12-6-13-31(3)14-11-23-7-10-27(28(17-23)35-5)36-16-15-34-4;1-13(2)18(12-19,6-5-17-22-7-8-23-17)16-4-3-14(10-20)15(9-16)11-21;1-12(2)16(11-17,6-3-7-18)15-5-4-13(9-19)14(8-15)10-20;16-8-12(3-4-15-19-5-6-20-15)11-1-2-13(9-17)14(7-11)10-18;6-2-1-5-7-3-4-8-5;1-3(2)4/h7-10,17-18,22,32-33H,6,11-16,19-20H2,1-5H3;3-4,9,13,17,20-21H,5-8,10-11H2,1-2H3;4-5,7-8,12,19-20H,3,6,9-10H2,1-2H3;1-2,7,12,15,17-18H,3-6,9-10H2;5H,1-4H2;3H,1-2H3.